The average molecular weight is 766 g/mol. The van der Waals surface area contributed by atoms with Gasteiger partial charge in [-0.25, -0.2) is 34.4 Å². The van der Waals surface area contributed by atoms with Gasteiger partial charge in [-0.05, 0) is 52.2 Å². The van der Waals surface area contributed by atoms with Gasteiger partial charge in [0.05, 0.1) is 43.4 Å². The first kappa shape index (κ1) is 37.5. The molecular weight excluding hydrogens is 722 g/mol. The number of benzene rings is 1. The molecule has 0 spiro atoms. The summed E-state index contributed by atoms with van der Waals surface area (Å²) in [7, 11) is 0. The van der Waals surface area contributed by atoms with Gasteiger partial charge in [0.1, 0.15) is 29.3 Å². The number of rotatable bonds is 11. The lowest BCUT2D eigenvalue weighted by atomic mass is 10.1. The Kier molecular flexibility index (Phi) is 11.3. The van der Waals surface area contributed by atoms with Crippen LogP contribution >= 0.6 is 11.6 Å². The number of hydrogen-bond acceptors (Lipinski definition) is 14. The van der Waals surface area contributed by atoms with Crippen LogP contribution in [0.4, 0.5) is 26.8 Å². The fourth-order valence-electron chi connectivity index (χ4n) is 6.41. The van der Waals surface area contributed by atoms with E-state index in [1.54, 1.807) is 49.8 Å². The number of nitrogens with two attached hydrogens (primary N) is 1. The van der Waals surface area contributed by atoms with E-state index in [0.717, 1.165) is 64.3 Å². The van der Waals surface area contributed by atoms with Gasteiger partial charge < -0.3 is 43.5 Å². The predicted molar refractivity (Wildman–Crippen MR) is 197 cm³/mol. The topological polar surface area (TPSA) is 181 Å². The van der Waals surface area contributed by atoms with E-state index >= 15 is 0 Å². The third-order valence-electron chi connectivity index (χ3n) is 9.08. The van der Waals surface area contributed by atoms with Crippen LogP contribution < -0.4 is 25.0 Å². The number of aromatic nitrogens is 5. The van der Waals surface area contributed by atoms with Crippen molar-refractivity contribution in [3.63, 3.8) is 0 Å². The third-order valence-corrected chi connectivity index (χ3v) is 9.34. The second kappa shape index (κ2) is 16.3. The summed E-state index contributed by atoms with van der Waals surface area (Å²) < 4.78 is 36.2. The first-order valence-electron chi connectivity index (χ1n) is 18.0. The Labute approximate surface area is 317 Å². The summed E-state index contributed by atoms with van der Waals surface area (Å²) in [5.41, 5.74) is 6.45. The Morgan fingerprint density at radius 3 is 2.57 bits per heavy atom. The van der Waals surface area contributed by atoms with E-state index in [1.807, 2.05) is 12.1 Å². The lowest BCUT2D eigenvalue weighted by molar-refractivity contribution is -0.165. The predicted octanol–water partition coefficient (Wildman–Crippen LogP) is 4.81. The van der Waals surface area contributed by atoms with Crippen molar-refractivity contribution < 1.29 is 38.0 Å². The van der Waals surface area contributed by atoms with Crippen LogP contribution in [-0.2, 0) is 18.9 Å². The molecule has 2 N–H and O–H groups in total. The highest BCUT2D eigenvalue weighted by atomic mass is 35.5. The summed E-state index contributed by atoms with van der Waals surface area (Å²) in [6.45, 7) is 11.5. The minimum absolute atomic E-state index is 0.133. The number of ether oxygens (including phenoxy) is 6. The quantitative estimate of drug-likeness (QED) is 0.205. The Morgan fingerprint density at radius 2 is 1.87 bits per heavy atom. The highest BCUT2D eigenvalue weighted by molar-refractivity contribution is 6.30. The molecule has 17 nitrogen and oxygen atoms in total. The zero-order valence-corrected chi connectivity index (χ0v) is 31.2. The maximum Gasteiger partial charge on any atom is 0.420 e. The normalized spacial score (nSPS) is 18.3. The highest BCUT2D eigenvalue weighted by Crippen LogP contribution is 2.38. The summed E-state index contributed by atoms with van der Waals surface area (Å²) in [6.07, 6.45) is 7.16. The van der Waals surface area contributed by atoms with E-state index in [1.165, 1.54) is 11.1 Å². The fraction of sp³-hybridized carbons (Fsp3) is 0.500. The zero-order chi connectivity index (χ0) is 37.8. The van der Waals surface area contributed by atoms with Crippen molar-refractivity contribution in [1.29, 1.82) is 0 Å². The molecule has 1 atom stereocenters. The Balaban J connectivity index is 1.26. The van der Waals surface area contributed by atoms with Crippen LogP contribution in [0.5, 0.6) is 11.6 Å². The lowest BCUT2D eigenvalue weighted by Crippen LogP contribution is -2.56. The number of amides is 2. The highest BCUT2D eigenvalue weighted by Gasteiger charge is 2.32. The molecule has 0 aliphatic carbocycles. The van der Waals surface area contributed by atoms with Gasteiger partial charge >= 0.3 is 12.2 Å². The van der Waals surface area contributed by atoms with Gasteiger partial charge in [-0.2, -0.15) is 0 Å². The standard InChI is InChI=1S/C36H44ClN9O8/c1-36(2,3)54-35(48)46(32-31-39-9-10-45(31)20-26(41-32)25-19-40-30(37)33(42-25)53-34(38)47)23-7-8-27(44-13-11-43(12-14-44)24-21-49-22-24)28(18-23)50-16-17-52-29-6-4-5-15-51-29/h7-10,18-20,24,29H,4-6,11-17,21-22H2,1-3H3,(H2,38,47). The largest absolute Gasteiger partial charge is 0.489 e. The molecule has 0 bridgehead atoms. The van der Waals surface area contributed by atoms with Crippen LogP contribution in [0.15, 0.2) is 43.0 Å². The zero-order valence-electron chi connectivity index (χ0n) is 30.5. The molecule has 3 saturated heterocycles. The number of piperazine rings is 1. The molecule has 6 heterocycles. The molecule has 288 valence electrons. The molecule has 3 aromatic heterocycles. The summed E-state index contributed by atoms with van der Waals surface area (Å²) >= 11 is 6.12. The van der Waals surface area contributed by atoms with Crippen molar-refractivity contribution in [3.8, 4) is 23.0 Å². The summed E-state index contributed by atoms with van der Waals surface area (Å²) in [4.78, 5) is 49.7. The van der Waals surface area contributed by atoms with E-state index < -0.39 is 17.8 Å². The monoisotopic (exact) mass is 765 g/mol. The number of carbonyl (C=O) groups is 2. The van der Waals surface area contributed by atoms with E-state index in [9.17, 15) is 9.59 Å². The van der Waals surface area contributed by atoms with Crippen LogP contribution in [0.3, 0.4) is 0 Å². The first-order valence-corrected chi connectivity index (χ1v) is 18.3. The maximum absolute atomic E-state index is 14.3. The van der Waals surface area contributed by atoms with Gasteiger partial charge in [0.25, 0.3) is 5.88 Å². The van der Waals surface area contributed by atoms with E-state index in [0.29, 0.717) is 36.3 Å². The number of imidazole rings is 1. The number of nitrogens with zero attached hydrogens (tertiary/aromatic N) is 8. The number of halogens is 1. The molecule has 2 amide bonds. The fourth-order valence-corrected chi connectivity index (χ4v) is 6.54. The summed E-state index contributed by atoms with van der Waals surface area (Å²) in [6, 6.07) is 6.03. The van der Waals surface area contributed by atoms with Crippen molar-refractivity contribution in [2.75, 3.05) is 69.0 Å². The smallest absolute Gasteiger partial charge is 0.420 e. The van der Waals surface area contributed by atoms with Crippen molar-refractivity contribution in [3.05, 3.63) is 48.1 Å². The van der Waals surface area contributed by atoms with Gasteiger partial charge in [0, 0.05) is 57.4 Å². The average Bonchev–Trinajstić information content (AvgIpc) is 3.60. The number of carbonyl (C=O) groups excluding carboxylic acids is 2. The molecule has 0 saturated carbocycles. The number of anilines is 3. The second-order valence-electron chi connectivity index (χ2n) is 14.1. The first-order chi connectivity index (χ1) is 26.0. The molecule has 54 heavy (non-hydrogen) atoms. The molecule has 7 rings (SSSR count). The molecule has 1 aromatic carbocycles. The van der Waals surface area contributed by atoms with Gasteiger partial charge in [-0.3, -0.25) is 4.90 Å². The molecule has 0 radical (unpaired) electrons. The molecule has 18 heteroatoms. The molecule has 1 unspecified atom stereocenters. The van der Waals surface area contributed by atoms with Crippen LogP contribution in [0.25, 0.3) is 17.0 Å². The van der Waals surface area contributed by atoms with Crippen LogP contribution in [0, 0.1) is 0 Å². The van der Waals surface area contributed by atoms with Crippen molar-refractivity contribution >= 4 is 46.6 Å². The van der Waals surface area contributed by atoms with Gasteiger partial charge in [-0.1, -0.05) is 11.6 Å². The van der Waals surface area contributed by atoms with Gasteiger partial charge in [0.2, 0.25) is 0 Å². The summed E-state index contributed by atoms with van der Waals surface area (Å²) in [5.74, 6) is 0.397. The molecule has 3 fully saturated rings. The summed E-state index contributed by atoms with van der Waals surface area (Å²) in [5, 5.41) is -0.167. The second-order valence-corrected chi connectivity index (χ2v) is 14.4. The van der Waals surface area contributed by atoms with Crippen molar-refractivity contribution in [1.82, 2.24) is 29.2 Å². The Bertz CT molecular complexity index is 1960. The third kappa shape index (κ3) is 8.76. The van der Waals surface area contributed by atoms with E-state index in [2.05, 4.69) is 24.8 Å². The molecule has 3 aliphatic rings. The van der Waals surface area contributed by atoms with Crippen LogP contribution in [0.2, 0.25) is 5.15 Å². The van der Waals surface area contributed by atoms with Crippen LogP contribution in [-0.4, -0.2) is 119 Å². The Hall–Kier alpha value is -4.81. The number of primary amides is 1. The number of hydrogen-bond donors (Lipinski definition) is 1. The minimum atomic E-state index is -1.11. The van der Waals surface area contributed by atoms with Crippen molar-refractivity contribution in [2.24, 2.45) is 5.73 Å². The lowest BCUT2D eigenvalue weighted by Gasteiger charge is -2.43. The van der Waals surface area contributed by atoms with Crippen molar-refractivity contribution in [2.45, 2.75) is 58.0 Å². The van der Waals surface area contributed by atoms with Crippen LogP contribution in [0.1, 0.15) is 40.0 Å². The SMILES string of the molecule is CC(C)(C)OC(=O)N(c1ccc(N2CCN(C3COC3)CC2)c(OCCOC2CCCCO2)c1)c1nc(-c2cnc(Cl)c(OC(N)=O)n2)cn2ccnc12. The van der Waals surface area contributed by atoms with E-state index in [4.69, 9.17) is 50.7 Å². The van der Waals surface area contributed by atoms with Gasteiger partial charge in [-0.15, -0.1) is 0 Å². The Morgan fingerprint density at radius 1 is 1.06 bits per heavy atom. The van der Waals surface area contributed by atoms with E-state index in [-0.39, 0.29) is 41.1 Å². The number of fused-ring (bicyclic) bond motifs is 1. The minimum Gasteiger partial charge on any atom is -0.489 e. The van der Waals surface area contributed by atoms with Gasteiger partial charge in [0.15, 0.2) is 22.9 Å². The molecular formula is C36H44ClN9O8. The maximum atomic E-state index is 14.3. The molecule has 4 aromatic rings. The molecule has 3 aliphatic heterocycles.